The van der Waals surface area contributed by atoms with Crippen molar-refractivity contribution >= 4 is 27.5 Å². The zero-order chi connectivity index (χ0) is 29.6. The van der Waals surface area contributed by atoms with Crippen molar-refractivity contribution in [1.82, 2.24) is 9.47 Å². The van der Waals surface area contributed by atoms with Crippen molar-refractivity contribution < 1.29 is 19.0 Å². The standard InChI is InChI=1S/C34H34N2O5S/c1-5-41-34(38)27-22-36(20-24-15-9-11-17-28(24)39-3)33-30(31(27)37)26(21-35(2)19-23-13-7-6-8-14-23)32(42-33)25-16-10-12-18-29(25)40-4/h6-18,22H,5,19-21H2,1-4H3. The highest BCUT2D eigenvalue weighted by atomic mass is 32.1. The van der Waals surface area contributed by atoms with Gasteiger partial charge in [-0.25, -0.2) is 4.79 Å². The molecule has 0 saturated carbocycles. The van der Waals surface area contributed by atoms with Crippen LogP contribution in [0.2, 0.25) is 0 Å². The molecule has 8 heteroatoms. The van der Waals surface area contributed by atoms with Gasteiger partial charge in [0, 0.05) is 35.3 Å². The Morgan fingerprint density at radius 3 is 2.26 bits per heavy atom. The topological polar surface area (TPSA) is 70.0 Å². The number of thiophene rings is 1. The van der Waals surface area contributed by atoms with E-state index in [1.807, 2.05) is 78.3 Å². The zero-order valence-electron chi connectivity index (χ0n) is 24.3. The molecule has 0 aliphatic heterocycles. The molecular weight excluding hydrogens is 548 g/mol. The lowest BCUT2D eigenvalue weighted by Gasteiger charge is -2.18. The van der Waals surface area contributed by atoms with Gasteiger partial charge in [-0.15, -0.1) is 11.3 Å². The van der Waals surface area contributed by atoms with Gasteiger partial charge in [-0.3, -0.25) is 9.69 Å². The zero-order valence-corrected chi connectivity index (χ0v) is 25.1. The highest BCUT2D eigenvalue weighted by molar-refractivity contribution is 7.22. The molecule has 0 saturated heterocycles. The summed E-state index contributed by atoms with van der Waals surface area (Å²) in [4.78, 5) is 31.1. The summed E-state index contributed by atoms with van der Waals surface area (Å²) in [5.74, 6) is 0.809. The molecule has 7 nitrogen and oxygen atoms in total. The number of nitrogens with zero attached hydrogens (tertiary/aromatic N) is 2. The molecule has 0 atom stereocenters. The van der Waals surface area contributed by atoms with Gasteiger partial charge >= 0.3 is 5.97 Å². The van der Waals surface area contributed by atoms with Gasteiger partial charge in [-0.2, -0.15) is 0 Å². The number of fused-ring (bicyclic) bond motifs is 1. The number of pyridine rings is 1. The van der Waals surface area contributed by atoms with E-state index < -0.39 is 5.97 Å². The number of carbonyl (C=O) groups is 1. The van der Waals surface area contributed by atoms with Crippen molar-refractivity contribution in [3.05, 3.63) is 118 Å². The number of ether oxygens (including phenoxy) is 3. The number of methoxy groups -OCH3 is 2. The van der Waals surface area contributed by atoms with Crippen LogP contribution in [0.25, 0.3) is 20.7 Å². The Bertz CT molecular complexity index is 1760. The number of benzene rings is 3. The molecule has 0 fully saturated rings. The first-order valence-electron chi connectivity index (χ1n) is 13.8. The van der Waals surface area contributed by atoms with E-state index in [1.165, 1.54) is 16.9 Å². The lowest BCUT2D eigenvalue weighted by Crippen LogP contribution is -2.23. The number of hydrogen-bond acceptors (Lipinski definition) is 7. The molecule has 0 bridgehead atoms. The van der Waals surface area contributed by atoms with E-state index in [4.69, 9.17) is 14.2 Å². The SMILES string of the molecule is CCOC(=O)c1cn(Cc2ccccc2OC)c2sc(-c3ccccc3OC)c(CN(C)Cc3ccccc3)c2c1=O. The second-order valence-corrected chi connectivity index (χ2v) is 11.0. The summed E-state index contributed by atoms with van der Waals surface area (Å²) in [5.41, 5.74) is 3.51. The number of rotatable bonds is 11. The van der Waals surface area contributed by atoms with Crippen LogP contribution in [0.4, 0.5) is 0 Å². The van der Waals surface area contributed by atoms with Crippen molar-refractivity contribution in [1.29, 1.82) is 0 Å². The molecule has 0 amide bonds. The number of hydrogen-bond donors (Lipinski definition) is 0. The molecule has 0 aliphatic rings. The summed E-state index contributed by atoms with van der Waals surface area (Å²) >= 11 is 1.53. The highest BCUT2D eigenvalue weighted by Gasteiger charge is 2.26. The Morgan fingerprint density at radius 1 is 0.881 bits per heavy atom. The summed E-state index contributed by atoms with van der Waals surface area (Å²) in [6.07, 6.45) is 1.62. The summed E-state index contributed by atoms with van der Waals surface area (Å²) in [6.45, 7) is 3.48. The van der Waals surface area contributed by atoms with Crippen LogP contribution >= 0.6 is 11.3 Å². The summed E-state index contributed by atoms with van der Waals surface area (Å²) < 4.78 is 18.7. The Hall–Kier alpha value is -4.40. The van der Waals surface area contributed by atoms with Crippen molar-refractivity contribution in [2.75, 3.05) is 27.9 Å². The molecule has 42 heavy (non-hydrogen) atoms. The van der Waals surface area contributed by atoms with Crippen LogP contribution in [0.15, 0.2) is 89.9 Å². The van der Waals surface area contributed by atoms with Gasteiger partial charge in [0.2, 0.25) is 5.43 Å². The molecule has 0 aliphatic carbocycles. The fourth-order valence-corrected chi connectivity index (χ4v) is 6.52. The summed E-state index contributed by atoms with van der Waals surface area (Å²) in [5, 5.41) is 0.515. The molecular formula is C34H34N2O5S. The van der Waals surface area contributed by atoms with Crippen molar-refractivity contribution in [2.45, 2.75) is 26.6 Å². The minimum absolute atomic E-state index is 0.00980. The van der Waals surface area contributed by atoms with Gasteiger partial charge in [0.15, 0.2) is 0 Å². The van der Waals surface area contributed by atoms with Crippen LogP contribution in [0.3, 0.4) is 0 Å². The van der Waals surface area contributed by atoms with Gasteiger partial charge in [0.1, 0.15) is 21.9 Å². The largest absolute Gasteiger partial charge is 0.496 e. The molecule has 0 spiro atoms. The molecule has 3 aromatic carbocycles. The fraction of sp³-hybridized carbons (Fsp3) is 0.235. The maximum atomic E-state index is 14.2. The van der Waals surface area contributed by atoms with E-state index in [-0.39, 0.29) is 17.6 Å². The number of aromatic nitrogens is 1. The van der Waals surface area contributed by atoms with Gasteiger partial charge in [0.05, 0.1) is 32.8 Å². The smallest absolute Gasteiger partial charge is 0.343 e. The minimum atomic E-state index is -0.633. The predicted molar refractivity (Wildman–Crippen MR) is 168 cm³/mol. The maximum absolute atomic E-state index is 14.2. The molecule has 2 heterocycles. The Labute approximate surface area is 249 Å². The van der Waals surface area contributed by atoms with E-state index in [0.29, 0.717) is 30.8 Å². The van der Waals surface area contributed by atoms with Crippen molar-refractivity contribution in [3.63, 3.8) is 0 Å². The first-order chi connectivity index (χ1) is 20.4. The number of esters is 1. The van der Waals surface area contributed by atoms with Crippen LogP contribution in [-0.2, 0) is 24.4 Å². The maximum Gasteiger partial charge on any atom is 0.343 e. The Kier molecular flexibility index (Phi) is 9.05. The lowest BCUT2D eigenvalue weighted by atomic mass is 10.0. The minimum Gasteiger partial charge on any atom is -0.496 e. The lowest BCUT2D eigenvalue weighted by molar-refractivity contribution is 0.0524. The molecule has 0 radical (unpaired) electrons. The second kappa shape index (κ2) is 13.1. The molecule has 2 aromatic heterocycles. The van der Waals surface area contributed by atoms with Crippen LogP contribution in [0.5, 0.6) is 11.5 Å². The molecule has 0 N–H and O–H groups in total. The van der Waals surface area contributed by atoms with Gasteiger partial charge in [-0.1, -0.05) is 60.7 Å². The molecule has 216 valence electrons. The third-order valence-corrected chi connectivity index (χ3v) is 8.41. The van der Waals surface area contributed by atoms with E-state index in [2.05, 4.69) is 17.0 Å². The van der Waals surface area contributed by atoms with Crippen LogP contribution in [-0.4, -0.2) is 43.3 Å². The van der Waals surface area contributed by atoms with E-state index in [9.17, 15) is 9.59 Å². The Morgan fingerprint density at radius 2 is 1.55 bits per heavy atom. The van der Waals surface area contributed by atoms with Crippen molar-refractivity contribution in [3.8, 4) is 21.9 Å². The van der Waals surface area contributed by atoms with Gasteiger partial charge in [0.25, 0.3) is 0 Å². The van der Waals surface area contributed by atoms with Crippen LogP contribution in [0.1, 0.15) is 34.0 Å². The normalized spacial score (nSPS) is 11.2. The average Bonchev–Trinajstić information content (AvgIpc) is 3.38. The van der Waals surface area contributed by atoms with E-state index in [1.54, 1.807) is 27.3 Å². The first-order valence-corrected chi connectivity index (χ1v) is 14.6. The number of carbonyl (C=O) groups excluding carboxylic acids is 1. The average molecular weight is 583 g/mol. The number of para-hydroxylation sites is 2. The molecule has 5 rings (SSSR count). The van der Waals surface area contributed by atoms with Crippen LogP contribution < -0.4 is 14.9 Å². The van der Waals surface area contributed by atoms with Crippen molar-refractivity contribution in [2.24, 2.45) is 0 Å². The molecule has 5 aromatic rings. The molecule has 0 unspecified atom stereocenters. The third kappa shape index (κ3) is 5.95. The summed E-state index contributed by atoms with van der Waals surface area (Å²) in [6, 6.07) is 25.8. The highest BCUT2D eigenvalue weighted by Crippen LogP contribution is 2.42. The first kappa shape index (κ1) is 29.1. The predicted octanol–water partition coefficient (Wildman–Crippen LogP) is 6.60. The Balaban J connectivity index is 1.76. The summed E-state index contributed by atoms with van der Waals surface area (Å²) in [7, 11) is 5.31. The van der Waals surface area contributed by atoms with Crippen LogP contribution in [0, 0.1) is 0 Å². The monoisotopic (exact) mass is 582 g/mol. The van der Waals surface area contributed by atoms with E-state index in [0.717, 1.165) is 32.1 Å². The fourth-order valence-electron chi connectivity index (χ4n) is 5.21. The second-order valence-electron chi connectivity index (χ2n) is 9.98. The van der Waals surface area contributed by atoms with E-state index >= 15 is 0 Å². The van der Waals surface area contributed by atoms with Gasteiger partial charge in [-0.05, 0) is 43.3 Å². The quantitative estimate of drug-likeness (QED) is 0.163. The third-order valence-electron chi connectivity index (χ3n) is 7.11. The van der Waals surface area contributed by atoms with Gasteiger partial charge < -0.3 is 18.8 Å².